The number of nitrogens with one attached hydrogen (secondary N) is 1. The summed E-state index contributed by atoms with van der Waals surface area (Å²) in [5.41, 5.74) is 1.34. The van der Waals surface area contributed by atoms with E-state index in [0.717, 1.165) is 5.56 Å². The minimum atomic E-state index is -0.247. The highest BCUT2D eigenvalue weighted by molar-refractivity contribution is 5.97. The first kappa shape index (κ1) is 15.1. The second-order valence-electron chi connectivity index (χ2n) is 5.52. The molecule has 0 unspecified atom stereocenters. The van der Waals surface area contributed by atoms with E-state index >= 15 is 0 Å². The molecular weight excluding hydrogens is 322 g/mol. The smallest absolute Gasteiger partial charge is 0.255 e. The van der Waals surface area contributed by atoms with Crippen LogP contribution in [0.3, 0.4) is 0 Å². The van der Waals surface area contributed by atoms with Gasteiger partial charge in [0.1, 0.15) is 12.7 Å². The Morgan fingerprint density at radius 2 is 2.16 bits per heavy atom. The molecule has 1 amide bonds. The SMILES string of the molecule is C[C@@H](NC(=O)c1cccnc1-n1cncn1)c1ccc2c(c1)OCO2. The number of ether oxygens (including phenoxy) is 2. The van der Waals surface area contributed by atoms with Crippen molar-refractivity contribution in [3.05, 3.63) is 60.3 Å². The van der Waals surface area contributed by atoms with Crippen LogP contribution in [0, 0.1) is 0 Å². The first-order valence-electron chi connectivity index (χ1n) is 7.73. The van der Waals surface area contributed by atoms with E-state index in [1.165, 1.54) is 17.3 Å². The predicted molar refractivity (Wildman–Crippen MR) is 87.6 cm³/mol. The minimum Gasteiger partial charge on any atom is -0.454 e. The van der Waals surface area contributed by atoms with Crippen molar-refractivity contribution in [2.75, 3.05) is 6.79 Å². The highest BCUT2D eigenvalue weighted by Crippen LogP contribution is 2.34. The van der Waals surface area contributed by atoms with Gasteiger partial charge in [0.15, 0.2) is 17.3 Å². The summed E-state index contributed by atoms with van der Waals surface area (Å²) >= 11 is 0. The molecule has 3 aromatic rings. The lowest BCUT2D eigenvalue weighted by atomic mass is 10.1. The summed E-state index contributed by atoms with van der Waals surface area (Å²) < 4.78 is 12.1. The fraction of sp³-hybridized carbons (Fsp3) is 0.176. The summed E-state index contributed by atoms with van der Waals surface area (Å²) in [7, 11) is 0. The standard InChI is InChI=1S/C17H15N5O3/c1-11(12-4-5-14-15(7-12)25-10-24-14)21-17(23)13-3-2-6-19-16(13)22-9-18-8-20-22/h2-9,11H,10H2,1H3,(H,21,23)/t11-/m1/s1. The average molecular weight is 337 g/mol. The fourth-order valence-corrected chi connectivity index (χ4v) is 2.61. The fourth-order valence-electron chi connectivity index (χ4n) is 2.61. The number of pyridine rings is 1. The first-order valence-corrected chi connectivity index (χ1v) is 7.73. The Hall–Kier alpha value is -3.42. The Bertz CT molecular complexity index is 910. The Kier molecular flexibility index (Phi) is 3.77. The summed E-state index contributed by atoms with van der Waals surface area (Å²) in [6.07, 6.45) is 4.50. The van der Waals surface area contributed by atoms with Crippen molar-refractivity contribution in [3.63, 3.8) is 0 Å². The molecule has 4 rings (SSSR count). The monoisotopic (exact) mass is 337 g/mol. The Labute approximate surface area is 143 Å². The molecule has 8 nitrogen and oxygen atoms in total. The number of benzene rings is 1. The van der Waals surface area contributed by atoms with Crippen molar-refractivity contribution in [2.24, 2.45) is 0 Å². The second kappa shape index (κ2) is 6.23. The zero-order valence-electron chi connectivity index (χ0n) is 13.4. The van der Waals surface area contributed by atoms with Gasteiger partial charge in [-0.15, -0.1) is 0 Å². The lowest BCUT2D eigenvalue weighted by Gasteiger charge is -2.16. The molecule has 0 fully saturated rings. The van der Waals surface area contributed by atoms with Crippen LogP contribution >= 0.6 is 0 Å². The highest BCUT2D eigenvalue weighted by Gasteiger charge is 2.19. The molecule has 2 aromatic heterocycles. The van der Waals surface area contributed by atoms with E-state index in [1.807, 2.05) is 25.1 Å². The normalized spacial score (nSPS) is 13.5. The zero-order valence-corrected chi connectivity index (χ0v) is 13.4. The summed E-state index contributed by atoms with van der Waals surface area (Å²) in [4.78, 5) is 20.8. The number of carbonyl (C=O) groups is 1. The topological polar surface area (TPSA) is 91.2 Å². The van der Waals surface area contributed by atoms with Gasteiger partial charge in [-0.25, -0.2) is 14.6 Å². The molecule has 3 heterocycles. The van der Waals surface area contributed by atoms with Crippen LogP contribution in [-0.2, 0) is 0 Å². The van der Waals surface area contributed by atoms with Gasteiger partial charge in [-0.1, -0.05) is 6.07 Å². The molecule has 1 aliphatic heterocycles. The molecular formula is C17H15N5O3. The van der Waals surface area contributed by atoms with Gasteiger partial charge < -0.3 is 14.8 Å². The third-order valence-electron chi connectivity index (χ3n) is 3.91. The van der Waals surface area contributed by atoms with Gasteiger partial charge in [-0.2, -0.15) is 5.10 Å². The molecule has 0 bridgehead atoms. The van der Waals surface area contributed by atoms with Crippen LogP contribution in [0.5, 0.6) is 11.5 Å². The zero-order chi connectivity index (χ0) is 17.2. The van der Waals surface area contributed by atoms with Crippen LogP contribution in [0.4, 0.5) is 0 Å². The summed E-state index contributed by atoms with van der Waals surface area (Å²) in [6.45, 7) is 2.12. The van der Waals surface area contributed by atoms with Crippen molar-refractivity contribution in [1.29, 1.82) is 0 Å². The minimum absolute atomic E-state index is 0.217. The summed E-state index contributed by atoms with van der Waals surface area (Å²) in [6, 6.07) is 8.80. The highest BCUT2D eigenvalue weighted by atomic mass is 16.7. The van der Waals surface area contributed by atoms with Crippen molar-refractivity contribution < 1.29 is 14.3 Å². The molecule has 0 radical (unpaired) electrons. The van der Waals surface area contributed by atoms with Crippen LogP contribution in [-0.4, -0.2) is 32.4 Å². The van der Waals surface area contributed by atoms with Gasteiger partial charge in [0, 0.05) is 6.20 Å². The Morgan fingerprint density at radius 3 is 3.00 bits per heavy atom. The van der Waals surface area contributed by atoms with E-state index in [9.17, 15) is 4.79 Å². The van der Waals surface area contributed by atoms with Gasteiger partial charge in [0.05, 0.1) is 11.6 Å². The van der Waals surface area contributed by atoms with Gasteiger partial charge in [0.2, 0.25) is 6.79 Å². The maximum atomic E-state index is 12.7. The molecule has 1 N–H and O–H groups in total. The van der Waals surface area contributed by atoms with Gasteiger partial charge in [-0.05, 0) is 36.8 Å². The predicted octanol–water partition coefficient (Wildman–Crippen LogP) is 1.88. The van der Waals surface area contributed by atoms with E-state index in [2.05, 4.69) is 20.4 Å². The number of hydrogen-bond donors (Lipinski definition) is 1. The van der Waals surface area contributed by atoms with Crippen LogP contribution in [0.15, 0.2) is 49.2 Å². The van der Waals surface area contributed by atoms with Crippen LogP contribution in [0.1, 0.15) is 28.9 Å². The average Bonchev–Trinajstić information content (AvgIpc) is 3.32. The Balaban J connectivity index is 1.56. The number of aromatic nitrogens is 4. The van der Waals surface area contributed by atoms with Gasteiger partial charge in [-0.3, -0.25) is 4.79 Å². The van der Waals surface area contributed by atoms with Crippen molar-refractivity contribution >= 4 is 5.91 Å². The van der Waals surface area contributed by atoms with Gasteiger partial charge in [0.25, 0.3) is 5.91 Å². The number of amides is 1. The second-order valence-corrected chi connectivity index (χ2v) is 5.52. The maximum absolute atomic E-state index is 12.7. The molecule has 1 aliphatic rings. The van der Waals surface area contributed by atoms with E-state index in [-0.39, 0.29) is 18.7 Å². The summed E-state index contributed by atoms with van der Waals surface area (Å²) in [5, 5.41) is 7.01. The molecule has 0 saturated carbocycles. The number of carbonyl (C=O) groups excluding carboxylic acids is 1. The summed E-state index contributed by atoms with van der Waals surface area (Å²) in [5.74, 6) is 1.57. The van der Waals surface area contributed by atoms with Crippen LogP contribution in [0.25, 0.3) is 5.82 Å². The maximum Gasteiger partial charge on any atom is 0.255 e. The van der Waals surface area contributed by atoms with Crippen LogP contribution < -0.4 is 14.8 Å². The molecule has 0 saturated heterocycles. The molecule has 1 atom stereocenters. The number of rotatable bonds is 4. The first-order chi connectivity index (χ1) is 12.2. The largest absolute Gasteiger partial charge is 0.454 e. The molecule has 126 valence electrons. The van der Waals surface area contributed by atoms with E-state index in [4.69, 9.17) is 9.47 Å². The molecule has 1 aromatic carbocycles. The molecule has 0 aliphatic carbocycles. The van der Waals surface area contributed by atoms with Crippen molar-refractivity contribution in [2.45, 2.75) is 13.0 Å². The number of hydrogen-bond acceptors (Lipinski definition) is 6. The third-order valence-corrected chi connectivity index (χ3v) is 3.91. The lowest BCUT2D eigenvalue weighted by Crippen LogP contribution is -2.28. The molecule has 25 heavy (non-hydrogen) atoms. The van der Waals surface area contributed by atoms with E-state index in [1.54, 1.807) is 18.3 Å². The molecule has 0 spiro atoms. The van der Waals surface area contributed by atoms with Gasteiger partial charge >= 0.3 is 0 Å². The third kappa shape index (κ3) is 2.89. The number of nitrogens with zero attached hydrogens (tertiary/aromatic N) is 4. The molecule has 8 heteroatoms. The quantitative estimate of drug-likeness (QED) is 0.782. The lowest BCUT2D eigenvalue weighted by molar-refractivity contribution is 0.0939. The van der Waals surface area contributed by atoms with E-state index in [0.29, 0.717) is 22.9 Å². The van der Waals surface area contributed by atoms with Crippen molar-refractivity contribution in [1.82, 2.24) is 25.1 Å². The van der Waals surface area contributed by atoms with Crippen molar-refractivity contribution in [3.8, 4) is 17.3 Å². The number of fused-ring (bicyclic) bond motifs is 1. The van der Waals surface area contributed by atoms with E-state index < -0.39 is 0 Å². The Morgan fingerprint density at radius 1 is 1.28 bits per heavy atom. The van der Waals surface area contributed by atoms with Crippen LogP contribution in [0.2, 0.25) is 0 Å².